The van der Waals surface area contributed by atoms with Crippen molar-refractivity contribution in [3.8, 4) is 0 Å². The molecule has 0 aromatic carbocycles. The van der Waals surface area contributed by atoms with Crippen LogP contribution in [0.3, 0.4) is 0 Å². The minimum Gasteiger partial charge on any atom is -0.459 e. The van der Waals surface area contributed by atoms with Gasteiger partial charge >= 0.3 is 30.7 Å². The van der Waals surface area contributed by atoms with Crippen LogP contribution in [-0.4, -0.2) is 57.7 Å². The second kappa shape index (κ2) is 11.4. The van der Waals surface area contributed by atoms with Crippen molar-refractivity contribution in [1.82, 2.24) is 0 Å². The van der Waals surface area contributed by atoms with Crippen molar-refractivity contribution < 1.29 is 72.4 Å². The summed E-state index contributed by atoms with van der Waals surface area (Å²) in [7, 11) is 0. The van der Waals surface area contributed by atoms with Crippen molar-refractivity contribution in [2.45, 2.75) is 117 Å². The lowest BCUT2D eigenvalue weighted by molar-refractivity contribution is -0.392. The van der Waals surface area contributed by atoms with Crippen LogP contribution < -0.4 is 0 Å². The molecule has 0 heterocycles. The number of alkyl halides is 12. The maximum Gasteiger partial charge on any atom is 0.426 e. The van der Waals surface area contributed by atoms with Gasteiger partial charge in [-0.05, 0) is 65.2 Å². The standard InChI is InChI=1S/C21H28F12O4.2CH4/c1-6-15(4,18(22,23)24)13(34)37-14(2,3)10-7-11(16(5,35)19(25,26)27)9-12(8-10)17(36,20(28,29)30)21(31,32)33;;/h10-12,35-36H,6-9H2,1-5H3;2*1H4. The third-order valence-electron chi connectivity index (χ3n) is 7.65. The molecule has 0 aromatic heterocycles. The smallest absolute Gasteiger partial charge is 0.426 e. The zero-order chi connectivity index (χ0) is 29.8. The Morgan fingerprint density at radius 1 is 0.667 bits per heavy atom. The summed E-state index contributed by atoms with van der Waals surface area (Å²) in [5, 5.41) is 19.9. The summed E-state index contributed by atoms with van der Waals surface area (Å²) < 4.78 is 167. The Bertz CT molecular complexity index is 813. The molecule has 5 unspecified atom stereocenters. The number of aliphatic hydroxyl groups is 2. The molecule has 39 heavy (non-hydrogen) atoms. The van der Waals surface area contributed by atoms with Crippen molar-refractivity contribution in [2.75, 3.05) is 0 Å². The molecule has 236 valence electrons. The summed E-state index contributed by atoms with van der Waals surface area (Å²) in [4.78, 5) is 12.5. The van der Waals surface area contributed by atoms with Crippen LogP contribution in [0.25, 0.3) is 0 Å². The first-order chi connectivity index (χ1) is 16.0. The van der Waals surface area contributed by atoms with Gasteiger partial charge in [0.05, 0.1) is 0 Å². The van der Waals surface area contributed by atoms with E-state index >= 15 is 0 Å². The van der Waals surface area contributed by atoms with E-state index in [4.69, 9.17) is 4.74 Å². The van der Waals surface area contributed by atoms with Crippen LogP contribution in [0.15, 0.2) is 0 Å². The van der Waals surface area contributed by atoms with Crippen molar-refractivity contribution in [1.29, 1.82) is 0 Å². The van der Waals surface area contributed by atoms with E-state index in [0.717, 1.165) is 20.8 Å². The normalized spacial score (nSPS) is 24.9. The van der Waals surface area contributed by atoms with Gasteiger partial charge in [-0.25, -0.2) is 0 Å². The Morgan fingerprint density at radius 2 is 1.03 bits per heavy atom. The van der Waals surface area contributed by atoms with Gasteiger partial charge in [0, 0.05) is 5.92 Å². The van der Waals surface area contributed by atoms with E-state index in [1.165, 1.54) is 0 Å². The molecular weight excluding hydrogens is 568 g/mol. The first-order valence-corrected chi connectivity index (χ1v) is 11.0. The number of rotatable bonds is 6. The van der Waals surface area contributed by atoms with Gasteiger partial charge in [-0.1, -0.05) is 21.8 Å². The molecule has 0 aliphatic heterocycles. The monoisotopic (exact) mass is 604 g/mol. The number of ether oxygens (including phenoxy) is 1. The van der Waals surface area contributed by atoms with Crippen LogP contribution in [0, 0.1) is 23.2 Å². The van der Waals surface area contributed by atoms with Crippen molar-refractivity contribution in [2.24, 2.45) is 23.2 Å². The van der Waals surface area contributed by atoms with Crippen LogP contribution in [-0.2, 0) is 9.53 Å². The third-order valence-corrected chi connectivity index (χ3v) is 7.65. The fourth-order valence-electron chi connectivity index (χ4n) is 4.44. The predicted molar refractivity (Wildman–Crippen MR) is 116 cm³/mol. The Hall–Kier alpha value is -1.45. The highest BCUT2D eigenvalue weighted by molar-refractivity contribution is 5.77. The molecule has 0 radical (unpaired) electrons. The molecule has 0 spiro atoms. The maximum absolute atomic E-state index is 13.5. The van der Waals surface area contributed by atoms with Crippen LogP contribution in [0.2, 0.25) is 0 Å². The van der Waals surface area contributed by atoms with Gasteiger partial charge in [-0.3, -0.25) is 4.79 Å². The van der Waals surface area contributed by atoms with E-state index < -0.39 is 96.3 Å². The van der Waals surface area contributed by atoms with Crippen LogP contribution in [0.4, 0.5) is 52.7 Å². The van der Waals surface area contributed by atoms with Crippen LogP contribution >= 0.6 is 0 Å². The highest BCUT2D eigenvalue weighted by Gasteiger charge is 2.75. The van der Waals surface area contributed by atoms with Gasteiger partial charge in [0.1, 0.15) is 5.60 Å². The number of carbonyl (C=O) groups is 1. The SMILES string of the molecule is C.C.CCC(C)(C(=O)OC(C)(C)C1CC(C(C)(O)C(F)(F)F)CC(C(O)(C(F)(F)F)C(F)(F)F)C1)C(F)(F)F. The van der Waals surface area contributed by atoms with E-state index in [9.17, 15) is 67.7 Å². The van der Waals surface area contributed by atoms with Crippen LogP contribution in [0.1, 0.15) is 75.2 Å². The number of halogens is 12. The molecule has 1 saturated carbocycles. The predicted octanol–water partition coefficient (Wildman–Crippen LogP) is 7.76. The van der Waals surface area contributed by atoms with Gasteiger partial charge < -0.3 is 14.9 Å². The highest BCUT2D eigenvalue weighted by atomic mass is 19.4. The minimum atomic E-state index is -6.43. The summed E-state index contributed by atoms with van der Waals surface area (Å²) in [6, 6.07) is 0. The molecule has 1 aliphatic rings. The summed E-state index contributed by atoms with van der Waals surface area (Å²) in [6.07, 6.45) is -28.4. The quantitative estimate of drug-likeness (QED) is 0.240. The van der Waals surface area contributed by atoms with Gasteiger partial charge in [-0.2, -0.15) is 52.7 Å². The lowest BCUT2D eigenvalue weighted by Gasteiger charge is -2.50. The Labute approximate surface area is 219 Å². The van der Waals surface area contributed by atoms with Gasteiger partial charge in [0.25, 0.3) is 5.60 Å². The summed E-state index contributed by atoms with van der Waals surface area (Å²) in [5.74, 6) is -9.22. The fraction of sp³-hybridized carbons (Fsp3) is 0.957. The molecule has 0 amide bonds. The molecule has 4 nitrogen and oxygen atoms in total. The van der Waals surface area contributed by atoms with E-state index in [2.05, 4.69) is 0 Å². The van der Waals surface area contributed by atoms with Gasteiger partial charge in [0.15, 0.2) is 11.0 Å². The number of carbonyl (C=O) groups excluding carboxylic acids is 1. The molecule has 16 heteroatoms. The van der Waals surface area contributed by atoms with E-state index in [-0.39, 0.29) is 21.8 Å². The average Bonchev–Trinajstić information content (AvgIpc) is 2.68. The topological polar surface area (TPSA) is 66.8 Å². The molecule has 5 atom stereocenters. The Morgan fingerprint density at radius 3 is 1.33 bits per heavy atom. The largest absolute Gasteiger partial charge is 0.459 e. The zero-order valence-corrected chi connectivity index (χ0v) is 20.3. The summed E-state index contributed by atoms with van der Waals surface area (Å²) in [6.45, 7) is 3.17. The first kappa shape index (κ1) is 39.7. The Balaban J connectivity index is 0. The van der Waals surface area contributed by atoms with Crippen molar-refractivity contribution in [3.63, 3.8) is 0 Å². The van der Waals surface area contributed by atoms with E-state index in [0.29, 0.717) is 6.92 Å². The molecule has 1 aliphatic carbocycles. The molecule has 0 bridgehead atoms. The Kier molecular flexibility index (Phi) is 11.6. The van der Waals surface area contributed by atoms with Crippen molar-refractivity contribution in [3.05, 3.63) is 0 Å². The summed E-state index contributed by atoms with van der Waals surface area (Å²) >= 11 is 0. The van der Waals surface area contributed by atoms with Crippen molar-refractivity contribution >= 4 is 5.97 Å². The zero-order valence-electron chi connectivity index (χ0n) is 20.3. The molecule has 0 saturated heterocycles. The number of esters is 1. The lowest BCUT2D eigenvalue weighted by Crippen LogP contribution is -2.65. The molecular formula is C23H36F12O4. The third kappa shape index (κ3) is 7.07. The minimum absolute atomic E-state index is 0. The molecule has 0 aromatic rings. The molecule has 1 fully saturated rings. The highest BCUT2D eigenvalue weighted by Crippen LogP contribution is 2.57. The lowest BCUT2D eigenvalue weighted by atomic mass is 9.61. The summed E-state index contributed by atoms with van der Waals surface area (Å²) in [5.41, 5.74) is -14.9. The maximum atomic E-state index is 13.5. The van der Waals surface area contributed by atoms with Gasteiger partial charge in [0.2, 0.25) is 0 Å². The second-order valence-corrected chi connectivity index (χ2v) is 10.4. The van der Waals surface area contributed by atoms with E-state index in [1.54, 1.807) is 0 Å². The number of hydrogen-bond donors (Lipinski definition) is 2. The second-order valence-electron chi connectivity index (χ2n) is 10.4. The average molecular weight is 605 g/mol. The molecule has 1 rings (SSSR count). The fourth-order valence-corrected chi connectivity index (χ4v) is 4.44. The number of hydrogen-bond acceptors (Lipinski definition) is 4. The first-order valence-electron chi connectivity index (χ1n) is 11.0. The van der Waals surface area contributed by atoms with E-state index in [1.807, 2.05) is 0 Å². The van der Waals surface area contributed by atoms with Crippen LogP contribution in [0.5, 0.6) is 0 Å². The molecule has 2 N–H and O–H groups in total. The van der Waals surface area contributed by atoms with Gasteiger partial charge in [-0.15, -0.1) is 0 Å².